The van der Waals surface area contributed by atoms with Crippen LogP contribution in [0.5, 0.6) is 0 Å². The van der Waals surface area contributed by atoms with Crippen LogP contribution in [0.15, 0.2) is 54.9 Å². The number of para-hydroxylation sites is 1. The number of allylic oxidation sites excluding steroid dienone is 1. The van der Waals surface area contributed by atoms with Crippen molar-refractivity contribution in [3.05, 3.63) is 54.9 Å². The van der Waals surface area contributed by atoms with Gasteiger partial charge in [0.25, 0.3) is 0 Å². The minimum Gasteiger partial charge on any atom is -0.364 e. The zero-order chi connectivity index (χ0) is 12.7. The fraction of sp³-hybridized carbons (Fsp3) is 0.333. The van der Waals surface area contributed by atoms with Gasteiger partial charge in [-0.2, -0.15) is 0 Å². The fourth-order valence-corrected chi connectivity index (χ4v) is 1.73. The molecule has 1 aromatic carbocycles. The summed E-state index contributed by atoms with van der Waals surface area (Å²) in [5, 5.41) is 3.17. The molecule has 17 heavy (non-hydrogen) atoms. The highest BCUT2D eigenvalue weighted by Gasteiger charge is 2.11. The van der Waals surface area contributed by atoms with Crippen molar-refractivity contribution < 1.29 is 0 Å². The molecule has 0 aromatic heterocycles. The molecule has 1 rings (SSSR count). The normalized spacial score (nSPS) is 11.4. The molecule has 2 nitrogen and oxygen atoms in total. The number of hydrogen-bond donors (Lipinski definition) is 1. The van der Waals surface area contributed by atoms with E-state index < -0.39 is 0 Å². The SMILES string of the molecule is C=CN/C(=C\C)CN(c1ccccc1)C(C)C. The lowest BCUT2D eigenvalue weighted by molar-refractivity contribution is 0.699. The Kier molecular flexibility index (Phi) is 5.34. The molecular formula is C15H22N2. The monoisotopic (exact) mass is 230 g/mol. The van der Waals surface area contributed by atoms with Crippen molar-refractivity contribution in [1.82, 2.24) is 5.32 Å². The number of nitrogens with zero attached hydrogens (tertiary/aromatic N) is 1. The Morgan fingerprint density at radius 2 is 2.00 bits per heavy atom. The zero-order valence-corrected chi connectivity index (χ0v) is 11.0. The maximum absolute atomic E-state index is 3.70. The van der Waals surface area contributed by atoms with Gasteiger partial charge >= 0.3 is 0 Å². The van der Waals surface area contributed by atoms with Crippen molar-refractivity contribution in [1.29, 1.82) is 0 Å². The molecule has 2 heteroatoms. The van der Waals surface area contributed by atoms with Gasteiger partial charge in [0.15, 0.2) is 0 Å². The van der Waals surface area contributed by atoms with E-state index in [1.165, 1.54) is 5.69 Å². The quantitative estimate of drug-likeness (QED) is 0.804. The Morgan fingerprint density at radius 1 is 1.35 bits per heavy atom. The van der Waals surface area contributed by atoms with E-state index >= 15 is 0 Å². The second kappa shape index (κ2) is 6.79. The summed E-state index contributed by atoms with van der Waals surface area (Å²) in [7, 11) is 0. The molecule has 1 N–H and O–H groups in total. The van der Waals surface area contributed by atoms with Crippen LogP contribution in [-0.2, 0) is 0 Å². The molecule has 0 radical (unpaired) electrons. The topological polar surface area (TPSA) is 15.3 Å². The number of hydrogen-bond acceptors (Lipinski definition) is 2. The van der Waals surface area contributed by atoms with Crippen LogP contribution < -0.4 is 10.2 Å². The summed E-state index contributed by atoms with van der Waals surface area (Å²) < 4.78 is 0. The van der Waals surface area contributed by atoms with Crippen LogP contribution in [0.1, 0.15) is 20.8 Å². The second-order valence-corrected chi connectivity index (χ2v) is 4.22. The lowest BCUT2D eigenvalue weighted by atomic mass is 10.2. The van der Waals surface area contributed by atoms with Gasteiger partial charge in [-0.05, 0) is 39.1 Å². The summed E-state index contributed by atoms with van der Waals surface area (Å²) in [4.78, 5) is 2.35. The first-order valence-corrected chi connectivity index (χ1v) is 6.03. The Bertz CT molecular complexity index is 366. The smallest absolute Gasteiger partial charge is 0.0579 e. The molecule has 0 bridgehead atoms. The first kappa shape index (κ1) is 13.4. The second-order valence-electron chi connectivity index (χ2n) is 4.22. The summed E-state index contributed by atoms with van der Waals surface area (Å²) in [6, 6.07) is 10.9. The minimum absolute atomic E-state index is 0.457. The highest BCUT2D eigenvalue weighted by atomic mass is 15.2. The number of nitrogens with one attached hydrogen (secondary N) is 1. The van der Waals surface area contributed by atoms with Crippen molar-refractivity contribution in [2.45, 2.75) is 26.8 Å². The summed E-state index contributed by atoms with van der Waals surface area (Å²) in [6.07, 6.45) is 3.80. The maximum Gasteiger partial charge on any atom is 0.0579 e. The van der Waals surface area contributed by atoms with Crippen LogP contribution in [0.3, 0.4) is 0 Å². The Hall–Kier alpha value is -1.70. The number of benzene rings is 1. The third-order valence-corrected chi connectivity index (χ3v) is 2.69. The maximum atomic E-state index is 3.70. The van der Waals surface area contributed by atoms with Gasteiger partial charge in [0.2, 0.25) is 0 Å². The molecule has 0 aliphatic carbocycles. The molecule has 0 amide bonds. The minimum atomic E-state index is 0.457. The van der Waals surface area contributed by atoms with Gasteiger partial charge in [0.05, 0.1) is 6.54 Å². The molecule has 1 aromatic rings. The zero-order valence-electron chi connectivity index (χ0n) is 11.0. The summed E-state index contributed by atoms with van der Waals surface area (Å²) in [6.45, 7) is 11.0. The predicted molar refractivity (Wildman–Crippen MR) is 76.0 cm³/mol. The average molecular weight is 230 g/mol. The van der Waals surface area contributed by atoms with Crippen LogP contribution in [0.25, 0.3) is 0 Å². The molecule has 0 atom stereocenters. The van der Waals surface area contributed by atoms with Gasteiger partial charge in [0.1, 0.15) is 0 Å². The summed E-state index contributed by atoms with van der Waals surface area (Å²) in [5.74, 6) is 0. The highest BCUT2D eigenvalue weighted by Crippen LogP contribution is 2.17. The van der Waals surface area contributed by atoms with E-state index in [0.717, 1.165) is 12.2 Å². The molecule has 0 heterocycles. The van der Waals surface area contributed by atoms with Gasteiger partial charge in [-0.15, -0.1) is 0 Å². The van der Waals surface area contributed by atoms with E-state index in [2.05, 4.69) is 61.0 Å². The van der Waals surface area contributed by atoms with Gasteiger partial charge < -0.3 is 10.2 Å². The van der Waals surface area contributed by atoms with E-state index in [4.69, 9.17) is 0 Å². The molecule has 0 fully saturated rings. The highest BCUT2D eigenvalue weighted by molar-refractivity contribution is 5.48. The first-order chi connectivity index (χ1) is 8.19. The Morgan fingerprint density at radius 3 is 2.47 bits per heavy atom. The van der Waals surface area contributed by atoms with Crippen LogP contribution in [-0.4, -0.2) is 12.6 Å². The molecule has 0 saturated carbocycles. The summed E-state index contributed by atoms with van der Waals surface area (Å²) >= 11 is 0. The van der Waals surface area contributed by atoms with Crippen LogP contribution in [0.4, 0.5) is 5.69 Å². The lowest BCUT2D eigenvalue weighted by Crippen LogP contribution is -2.34. The lowest BCUT2D eigenvalue weighted by Gasteiger charge is -2.30. The predicted octanol–water partition coefficient (Wildman–Crippen LogP) is 3.54. The Balaban J connectivity index is 2.84. The molecule has 92 valence electrons. The average Bonchev–Trinajstić information content (AvgIpc) is 2.35. The molecule has 0 spiro atoms. The standard InChI is InChI=1S/C15H22N2/c1-5-14(16-6-2)12-17(13(3)4)15-10-8-7-9-11-15/h5-11,13,16H,2,12H2,1,3-4H3/b14-5-. The largest absolute Gasteiger partial charge is 0.364 e. The molecule has 0 unspecified atom stereocenters. The van der Waals surface area contributed by atoms with Gasteiger partial charge in [-0.25, -0.2) is 0 Å². The molecular weight excluding hydrogens is 208 g/mol. The van der Waals surface area contributed by atoms with E-state index in [0.29, 0.717) is 6.04 Å². The molecule has 0 aliphatic heterocycles. The third kappa shape index (κ3) is 3.99. The van der Waals surface area contributed by atoms with Crippen LogP contribution in [0, 0.1) is 0 Å². The van der Waals surface area contributed by atoms with Gasteiger partial charge in [-0.3, -0.25) is 0 Å². The van der Waals surface area contributed by atoms with Crippen LogP contribution >= 0.6 is 0 Å². The number of anilines is 1. The van der Waals surface area contributed by atoms with Crippen molar-refractivity contribution in [2.24, 2.45) is 0 Å². The van der Waals surface area contributed by atoms with Crippen molar-refractivity contribution in [2.75, 3.05) is 11.4 Å². The van der Waals surface area contributed by atoms with E-state index in [1.54, 1.807) is 6.20 Å². The van der Waals surface area contributed by atoms with Crippen molar-refractivity contribution >= 4 is 5.69 Å². The Labute approximate surface area is 105 Å². The molecule has 0 aliphatic rings. The van der Waals surface area contributed by atoms with Gasteiger partial charge in [-0.1, -0.05) is 30.9 Å². The van der Waals surface area contributed by atoms with E-state index in [1.807, 2.05) is 13.0 Å². The fourth-order valence-electron chi connectivity index (χ4n) is 1.73. The molecule has 0 saturated heterocycles. The third-order valence-electron chi connectivity index (χ3n) is 2.69. The number of rotatable bonds is 6. The summed E-state index contributed by atoms with van der Waals surface area (Å²) in [5.41, 5.74) is 2.41. The van der Waals surface area contributed by atoms with E-state index in [9.17, 15) is 0 Å². The first-order valence-electron chi connectivity index (χ1n) is 6.03. The van der Waals surface area contributed by atoms with Crippen LogP contribution in [0.2, 0.25) is 0 Å². The van der Waals surface area contributed by atoms with Crippen molar-refractivity contribution in [3.8, 4) is 0 Å². The van der Waals surface area contributed by atoms with Gasteiger partial charge in [0, 0.05) is 17.4 Å². The van der Waals surface area contributed by atoms with E-state index in [-0.39, 0.29) is 0 Å². The van der Waals surface area contributed by atoms with Crippen molar-refractivity contribution in [3.63, 3.8) is 0 Å².